The topological polar surface area (TPSA) is 17.1 Å². The fourth-order valence-corrected chi connectivity index (χ4v) is 2.42. The van der Waals surface area contributed by atoms with Crippen molar-refractivity contribution in [2.24, 2.45) is 0 Å². The van der Waals surface area contributed by atoms with E-state index in [-0.39, 0.29) is 0 Å². The zero-order valence-corrected chi connectivity index (χ0v) is 8.81. The molecule has 0 N–H and O–H groups in total. The van der Waals surface area contributed by atoms with Crippen LogP contribution in [0.3, 0.4) is 0 Å². The van der Waals surface area contributed by atoms with Gasteiger partial charge < -0.3 is 0 Å². The quantitative estimate of drug-likeness (QED) is 0.705. The highest BCUT2D eigenvalue weighted by atomic mass is 35.5. The minimum Gasteiger partial charge on any atom is -0.298 e. The van der Waals surface area contributed by atoms with Gasteiger partial charge in [0.15, 0.2) is 0 Å². The summed E-state index contributed by atoms with van der Waals surface area (Å²) in [4.78, 5) is 11.6. The highest BCUT2D eigenvalue weighted by Gasteiger charge is 2.04. The van der Waals surface area contributed by atoms with Gasteiger partial charge >= 0.3 is 0 Å². The summed E-state index contributed by atoms with van der Waals surface area (Å²) < 4.78 is 0. The Bertz CT molecular complexity index is 462. The molecule has 14 heavy (non-hydrogen) atoms. The highest BCUT2D eigenvalue weighted by Crippen LogP contribution is 2.33. The lowest BCUT2D eigenvalue weighted by molar-refractivity contribution is 0.112. The molecule has 0 atom stereocenters. The summed E-state index contributed by atoms with van der Waals surface area (Å²) in [5.41, 5.74) is 1.67. The van der Waals surface area contributed by atoms with E-state index in [1.54, 1.807) is 17.4 Å². The van der Waals surface area contributed by atoms with Crippen molar-refractivity contribution in [3.8, 4) is 10.4 Å². The average Bonchev–Trinajstić information content (AvgIpc) is 2.65. The van der Waals surface area contributed by atoms with Crippen LogP contribution < -0.4 is 0 Å². The Hall–Kier alpha value is -1.12. The molecule has 0 amide bonds. The molecule has 0 aliphatic carbocycles. The largest absolute Gasteiger partial charge is 0.298 e. The molecule has 2 aromatic rings. The summed E-state index contributed by atoms with van der Waals surface area (Å²) in [5, 5.41) is 2.67. The van der Waals surface area contributed by atoms with Crippen LogP contribution in [-0.4, -0.2) is 6.29 Å². The first-order chi connectivity index (χ1) is 6.81. The molecule has 0 radical (unpaired) electrons. The lowest BCUT2D eigenvalue weighted by Crippen LogP contribution is -1.80. The maximum atomic E-state index is 10.6. The van der Waals surface area contributed by atoms with Crippen molar-refractivity contribution in [2.45, 2.75) is 0 Å². The predicted octanol–water partition coefficient (Wildman–Crippen LogP) is 3.88. The van der Waals surface area contributed by atoms with Gasteiger partial charge in [-0.1, -0.05) is 29.8 Å². The normalized spacial score (nSPS) is 10.1. The summed E-state index contributed by atoms with van der Waals surface area (Å²) >= 11 is 7.57. The van der Waals surface area contributed by atoms with Crippen molar-refractivity contribution >= 4 is 29.2 Å². The molecule has 0 aliphatic rings. The van der Waals surface area contributed by atoms with Crippen molar-refractivity contribution in [3.05, 3.63) is 46.3 Å². The molecule has 0 fully saturated rings. The fraction of sp³-hybridized carbons (Fsp3) is 0. The standard InChI is InChI=1S/C11H7ClOS/c12-10-4-5-14-11(10)9-3-1-2-8(6-9)7-13/h1-7H. The van der Waals surface area contributed by atoms with Crippen LogP contribution in [-0.2, 0) is 0 Å². The number of benzene rings is 1. The summed E-state index contributed by atoms with van der Waals surface area (Å²) in [5.74, 6) is 0. The second kappa shape index (κ2) is 3.95. The number of hydrogen-bond acceptors (Lipinski definition) is 2. The first kappa shape index (κ1) is 9.44. The molecule has 0 unspecified atom stereocenters. The van der Waals surface area contributed by atoms with Gasteiger partial charge in [0, 0.05) is 5.56 Å². The van der Waals surface area contributed by atoms with Gasteiger partial charge in [-0.15, -0.1) is 11.3 Å². The Morgan fingerprint density at radius 1 is 1.29 bits per heavy atom. The third-order valence-corrected chi connectivity index (χ3v) is 3.29. The van der Waals surface area contributed by atoms with Crippen molar-refractivity contribution in [2.75, 3.05) is 0 Å². The Kier molecular flexibility index (Phi) is 2.66. The van der Waals surface area contributed by atoms with Gasteiger partial charge in [0.1, 0.15) is 6.29 Å². The Morgan fingerprint density at radius 2 is 2.14 bits per heavy atom. The molecule has 0 bridgehead atoms. The van der Waals surface area contributed by atoms with E-state index in [1.807, 2.05) is 29.6 Å². The van der Waals surface area contributed by atoms with E-state index < -0.39 is 0 Å². The van der Waals surface area contributed by atoms with Gasteiger partial charge in [-0.2, -0.15) is 0 Å². The maximum absolute atomic E-state index is 10.6. The molecule has 0 spiro atoms. The molecular weight excluding hydrogens is 216 g/mol. The first-order valence-corrected chi connectivity index (χ1v) is 5.35. The van der Waals surface area contributed by atoms with Crippen LogP contribution in [0, 0.1) is 0 Å². The van der Waals surface area contributed by atoms with Crippen LogP contribution in [0.1, 0.15) is 10.4 Å². The van der Waals surface area contributed by atoms with Crippen molar-refractivity contribution in [3.63, 3.8) is 0 Å². The van der Waals surface area contributed by atoms with Crippen LogP contribution >= 0.6 is 22.9 Å². The minimum absolute atomic E-state index is 0.673. The molecule has 1 nitrogen and oxygen atoms in total. The van der Waals surface area contributed by atoms with Crippen molar-refractivity contribution in [1.82, 2.24) is 0 Å². The molecule has 0 aliphatic heterocycles. The van der Waals surface area contributed by atoms with Gasteiger partial charge in [-0.25, -0.2) is 0 Å². The monoisotopic (exact) mass is 222 g/mol. The van der Waals surface area contributed by atoms with Crippen LogP contribution in [0.15, 0.2) is 35.7 Å². The molecule has 1 heterocycles. The number of hydrogen-bond donors (Lipinski definition) is 0. The van der Waals surface area contributed by atoms with Crippen LogP contribution in [0.5, 0.6) is 0 Å². The zero-order chi connectivity index (χ0) is 9.97. The first-order valence-electron chi connectivity index (χ1n) is 4.10. The average molecular weight is 223 g/mol. The second-order valence-electron chi connectivity index (χ2n) is 2.84. The number of rotatable bonds is 2. The third-order valence-electron chi connectivity index (χ3n) is 1.90. The van der Waals surface area contributed by atoms with Gasteiger partial charge in [-0.3, -0.25) is 4.79 Å². The molecule has 0 saturated carbocycles. The summed E-state index contributed by atoms with van der Waals surface area (Å²) in [6.45, 7) is 0. The molecular formula is C11H7ClOS. The zero-order valence-electron chi connectivity index (χ0n) is 7.24. The maximum Gasteiger partial charge on any atom is 0.150 e. The summed E-state index contributed by atoms with van der Waals surface area (Å²) in [6, 6.07) is 9.28. The van der Waals surface area contributed by atoms with E-state index in [1.165, 1.54) is 0 Å². The number of carbonyl (C=O) groups is 1. The SMILES string of the molecule is O=Cc1cccc(-c2sccc2Cl)c1. The second-order valence-corrected chi connectivity index (χ2v) is 4.16. The summed E-state index contributed by atoms with van der Waals surface area (Å²) in [6.07, 6.45) is 0.838. The Morgan fingerprint density at radius 3 is 2.79 bits per heavy atom. The van der Waals surface area contributed by atoms with E-state index in [2.05, 4.69) is 0 Å². The highest BCUT2D eigenvalue weighted by molar-refractivity contribution is 7.14. The van der Waals surface area contributed by atoms with E-state index in [9.17, 15) is 4.79 Å². The number of carbonyl (C=O) groups excluding carboxylic acids is 1. The number of halogens is 1. The van der Waals surface area contributed by atoms with Crippen molar-refractivity contribution in [1.29, 1.82) is 0 Å². The number of aldehydes is 1. The predicted molar refractivity (Wildman–Crippen MR) is 60.2 cm³/mol. The van der Waals surface area contributed by atoms with E-state index >= 15 is 0 Å². The van der Waals surface area contributed by atoms with Crippen molar-refractivity contribution < 1.29 is 4.79 Å². The number of thiophene rings is 1. The Balaban J connectivity index is 2.52. The molecule has 1 aromatic heterocycles. The van der Waals surface area contributed by atoms with E-state index in [4.69, 9.17) is 11.6 Å². The van der Waals surface area contributed by atoms with Crippen LogP contribution in [0.2, 0.25) is 5.02 Å². The molecule has 1 aromatic carbocycles. The Labute approximate surface area is 91.0 Å². The van der Waals surface area contributed by atoms with Gasteiger partial charge in [0.25, 0.3) is 0 Å². The minimum atomic E-state index is 0.673. The van der Waals surface area contributed by atoms with Gasteiger partial charge in [0.05, 0.1) is 9.90 Å². The third kappa shape index (κ3) is 1.72. The molecule has 70 valence electrons. The van der Waals surface area contributed by atoms with Gasteiger partial charge in [0.2, 0.25) is 0 Å². The van der Waals surface area contributed by atoms with Crippen LogP contribution in [0.4, 0.5) is 0 Å². The van der Waals surface area contributed by atoms with E-state index in [0.717, 1.165) is 21.7 Å². The fourth-order valence-electron chi connectivity index (χ4n) is 1.25. The molecule has 0 saturated heterocycles. The van der Waals surface area contributed by atoms with E-state index in [0.29, 0.717) is 5.56 Å². The lowest BCUT2D eigenvalue weighted by atomic mass is 10.1. The molecule has 3 heteroatoms. The lowest BCUT2D eigenvalue weighted by Gasteiger charge is -1.99. The van der Waals surface area contributed by atoms with Crippen LogP contribution in [0.25, 0.3) is 10.4 Å². The van der Waals surface area contributed by atoms with Gasteiger partial charge in [-0.05, 0) is 23.1 Å². The summed E-state index contributed by atoms with van der Waals surface area (Å²) in [7, 11) is 0. The smallest absolute Gasteiger partial charge is 0.150 e. The molecule has 2 rings (SSSR count).